The van der Waals surface area contributed by atoms with Crippen molar-refractivity contribution in [2.75, 3.05) is 32.7 Å². The first-order chi connectivity index (χ1) is 16.5. The molecule has 10 heteroatoms. The molecule has 0 aromatic heterocycles. The van der Waals surface area contributed by atoms with Crippen molar-refractivity contribution in [1.82, 2.24) is 4.90 Å². The highest BCUT2D eigenvalue weighted by atomic mass is 35.5. The minimum Gasteiger partial charge on any atom is -0.497 e. The molecule has 8 nitrogen and oxygen atoms in total. The number of nitrogens with one attached hydrogen (secondary N) is 1. The van der Waals surface area contributed by atoms with Crippen LogP contribution in [0.4, 0.5) is 11.4 Å². The van der Waals surface area contributed by atoms with Crippen molar-refractivity contribution in [2.24, 2.45) is 4.99 Å². The van der Waals surface area contributed by atoms with Crippen LogP contribution in [0.3, 0.4) is 0 Å². The maximum Gasteiger partial charge on any atom is 0.242 e. The third-order valence-corrected chi connectivity index (χ3v) is 6.96. The molecule has 0 spiro atoms. The summed E-state index contributed by atoms with van der Waals surface area (Å²) in [7, 11) is 3.07. The Morgan fingerprint density at radius 1 is 1.24 bits per heavy atom. The Morgan fingerprint density at radius 2 is 2.03 bits per heavy atom. The maximum absolute atomic E-state index is 13.3. The van der Waals surface area contributed by atoms with Gasteiger partial charge < -0.3 is 19.5 Å². The molecule has 0 unspecified atom stereocenters. The van der Waals surface area contributed by atoms with Crippen LogP contribution in [0.25, 0.3) is 0 Å². The van der Waals surface area contributed by atoms with Gasteiger partial charge in [-0.15, -0.1) is 0 Å². The van der Waals surface area contributed by atoms with Gasteiger partial charge in [-0.1, -0.05) is 23.4 Å². The molecule has 2 aromatic rings. The Morgan fingerprint density at radius 3 is 2.71 bits per heavy atom. The van der Waals surface area contributed by atoms with Crippen molar-refractivity contribution in [1.29, 1.82) is 0 Å². The van der Waals surface area contributed by atoms with Gasteiger partial charge in [0.25, 0.3) is 0 Å². The van der Waals surface area contributed by atoms with Gasteiger partial charge in [-0.05, 0) is 49.2 Å². The predicted octanol–water partition coefficient (Wildman–Crippen LogP) is 4.50. The number of ether oxygens (including phenoxy) is 3. The van der Waals surface area contributed by atoms with Crippen molar-refractivity contribution < 1.29 is 23.8 Å². The summed E-state index contributed by atoms with van der Waals surface area (Å²) in [5.41, 5.74) is 1.16. The Kier molecular flexibility index (Phi) is 7.97. The highest BCUT2D eigenvalue weighted by Crippen LogP contribution is 2.34. The summed E-state index contributed by atoms with van der Waals surface area (Å²) in [6.07, 6.45) is 1.82. The number of nitrogens with zero attached hydrogens (tertiary/aromatic N) is 2. The molecule has 0 aliphatic carbocycles. The Balaban J connectivity index is 1.50. The molecule has 0 bridgehead atoms. The molecule has 1 N–H and O–H groups in total. The lowest BCUT2D eigenvalue weighted by atomic mass is 10.2. The molecule has 2 atom stereocenters. The number of benzene rings is 2. The van der Waals surface area contributed by atoms with Crippen LogP contribution in [0.1, 0.15) is 19.3 Å². The fourth-order valence-electron chi connectivity index (χ4n) is 3.79. The highest BCUT2D eigenvalue weighted by Gasteiger charge is 2.40. The van der Waals surface area contributed by atoms with Crippen molar-refractivity contribution in [2.45, 2.75) is 30.6 Å². The van der Waals surface area contributed by atoms with E-state index >= 15 is 0 Å². The monoisotopic (exact) mass is 503 g/mol. The first-order valence-corrected chi connectivity index (χ1v) is 12.2. The second-order valence-electron chi connectivity index (χ2n) is 7.88. The van der Waals surface area contributed by atoms with Gasteiger partial charge in [0.1, 0.15) is 16.7 Å². The van der Waals surface area contributed by atoms with Crippen molar-refractivity contribution in [3.63, 3.8) is 0 Å². The zero-order chi connectivity index (χ0) is 24.1. The van der Waals surface area contributed by atoms with E-state index in [1.165, 1.54) is 18.9 Å². The van der Waals surface area contributed by atoms with E-state index < -0.39 is 5.25 Å². The second-order valence-corrected chi connectivity index (χ2v) is 9.49. The molecule has 2 aliphatic rings. The van der Waals surface area contributed by atoms with Crippen LogP contribution in [0, 0.1) is 0 Å². The molecule has 2 aliphatic heterocycles. The van der Waals surface area contributed by atoms with Crippen molar-refractivity contribution in [3.05, 3.63) is 47.5 Å². The summed E-state index contributed by atoms with van der Waals surface area (Å²) in [4.78, 5) is 32.5. The van der Waals surface area contributed by atoms with Crippen LogP contribution in [-0.2, 0) is 14.3 Å². The van der Waals surface area contributed by atoms with Gasteiger partial charge in [0, 0.05) is 24.1 Å². The molecular weight excluding hydrogens is 478 g/mol. The highest BCUT2D eigenvalue weighted by molar-refractivity contribution is 8.15. The van der Waals surface area contributed by atoms with E-state index in [0.29, 0.717) is 46.2 Å². The van der Waals surface area contributed by atoms with E-state index in [0.717, 1.165) is 12.8 Å². The lowest BCUT2D eigenvalue weighted by Gasteiger charge is -2.20. The number of amidine groups is 1. The molecule has 2 fully saturated rings. The molecule has 0 saturated carbocycles. The van der Waals surface area contributed by atoms with Gasteiger partial charge in [0.2, 0.25) is 11.8 Å². The minimum absolute atomic E-state index is 0.00841. The SMILES string of the molecule is COc1ccc(OC)c(NC(=O)C[C@H]2SC(=Nc3ccc(Cl)cc3)N(C[C@@H]3CCCO3)C2=O)c1. The summed E-state index contributed by atoms with van der Waals surface area (Å²) in [5.74, 6) is 0.635. The van der Waals surface area contributed by atoms with E-state index in [-0.39, 0.29) is 24.3 Å². The molecule has 180 valence electrons. The second kappa shape index (κ2) is 11.1. The fraction of sp³-hybridized carbons (Fsp3) is 0.375. The average Bonchev–Trinajstić information content (AvgIpc) is 3.45. The quantitative estimate of drug-likeness (QED) is 0.570. The largest absolute Gasteiger partial charge is 0.497 e. The lowest BCUT2D eigenvalue weighted by Crippen LogP contribution is -2.38. The summed E-state index contributed by atoms with van der Waals surface area (Å²) in [6.45, 7) is 1.11. The summed E-state index contributed by atoms with van der Waals surface area (Å²) in [6, 6.07) is 12.2. The number of thioether (sulfide) groups is 1. The van der Waals surface area contributed by atoms with E-state index in [4.69, 9.17) is 25.8 Å². The van der Waals surface area contributed by atoms with Gasteiger partial charge in [-0.2, -0.15) is 0 Å². The third kappa shape index (κ3) is 5.84. The van der Waals surface area contributed by atoms with Crippen LogP contribution in [0.15, 0.2) is 47.5 Å². The Labute approximate surface area is 207 Å². The number of hydrogen-bond donors (Lipinski definition) is 1. The van der Waals surface area contributed by atoms with Gasteiger partial charge in [-0.3, -0.25) is 14.5 Å². The number of hydrogen-bond acceptors (Lipinski definition) is 7. The minimum atomic E-state index is -0.593. The first-order valence-electron chi connectivity index (χ1n) is 10.9. The molecule has 0 radical (unpaired) electrons. The standard InChI is InChI=1S/C24H26ClN3O5S/c1-31-17-9-10-20(32-2)19(12-17)27-22(29)13-21-23(30)28(14-18-4-3-11-33-18)24(34-21)26-16-7-5-15(25)6-8-16/h5-10,12,18,21H,3-4,11,13-14H2,1-2H3,(H,27,29)/t18-,21+/m0/s1. The number of methoxy groups -OCH3 is 2. The normalized spacial score (nSPS) is 21.2. The van der Waals surface area contributed by atoms with Gasteiger partial charge in [0.15, 0.2) is 5.17 Å². The first kappa shape index (κ1) is 24.4. The predicted molar refractivity (Wildman–Crippen MR) is 133 cm³/mol. The zero-order valence-electron chi connectivity index (χ0n) is 19.0. The van der Waals surface area contributed by atoms with Gasteiger partial charge in [0.05, 0.1) is 38.2 Å². The smallest absolute Gasteiger partial charge is 0.242 e. The van der Waals surface area contributed by atoms with Crippen LogP contribution < -0.4 is 14.8 Å². The van der Waals surface area contributed by atoms with Gasteiger partial charge in [-0.25, -0.2) is 4.99 Å². The van der Waals surface area contributed by atoms with E-state index in [1.807, 2.05) is 0 Å². The third-order valence-electron chi connectivity index (χ3n) is 5.53. The number of carbonyl (C=O) groups is 2. The Hall–Kier alpha value is -2.75. The number of carbonyl (C=O) groups excluding carboxylic acids is 2. The average molecular weight is 504 g/mol. The topological polar surface area (TPSA) is 89.5 Å². The van der Waals surface area contributed by atoms with Gasteiger partial charge >= 0.3 is 0 Å². The van der Waals surface area contributed by atoms with Crippen LogP contribution in [0.5, 0.6) is 11.5 Å². The number of aliphatic imine (C=N–C) groups is 1. The molecule has 4 rings (SSSR count). The maximum atomic E-state index is 13.3. The lowest BCUT2D eigenvalue weighted by molar-refractivity contribution is -0.129. The Bertz CT molecular complexity index is 1070. The molecule has 2 aromatic carbocycles. The number of amides is 2. The molecule has 2 heterocycles. The number of halogens is 1. The summed E-state index contributed by atoms with van der Waals surface area (Å²) < 4.78 is 16.3. The van der Waals surface area contributed by atoms with E-state index in [2.05, 4.69) is 10.3 Å². The zero-order valence-corrected chi connectivity index (χ0v) is 20.5. The molecule has 2 saturated heterocycles. The number of anilines is 1. The molecular formula is C24H26ClN3O5S. The number of rotatable bonds is 8. The van der Waals surface area contributed by atoms with Crippen molar-refractivity contribution in [3.8, 4) is 11.5 Å². The summed E-state index contributed by atoms with van der Waals surface area (Å²) >= 11 is 7.27. The summed E-state index contributed by atoms with van der Waals surface area (Å²) in [5, 5.41) is 3.41. The van der Waals surface area contributed by atoms with Crippen LogP contribution in [0.2, 0.25) is 5.02 Å². The van der Waals surface area contributed by atoms with E-state index in [1.54, 1.807) is 54.5 Å². The van der Waals surface area contributed by atoms with Crippen LogP contribution >= 0.6 is 23.4 Å². The fourth-order valence-corrected chi connectivity index (χ4v) is 5.09. The van der Waals surface area contributed by atoms with Crippen LogP contribution in [-0.4, -0.2) is 60.6 Å². The molecule has 34 heavy (non-hydrogen) atoms. The molecule has 2 amide bonds. The van der Waals surface area contributed by atoms with E-state index in [9.17, 15) is 9.59 Å². The van der Waals surface area contributed by atoms with Crippen molar-refractivity contribution >= 4 is 51.7 Å².